The van der Waals surface area contributed by atoms with Crippen molar-refractivity contribution in [1.29, 1.82) is 0 Å². The summed E-state index contributed by atoms with van der Waals surface area (Å²) in [4.78, 5) is 4.49. The number of rotatable bonds is 12. The topological polar surface area (TPSA) is 63.0 Å². The number of pyridine rings is 1. The molecule has 0 aliphatic heterocycles. The molecule has 0 unspecified atom stereocenters. The van der Waals surface area contributed by atoms with Gasteiger partial charge in [-0.05, 0) is 104 Å². The number of aromatic nitrogens is 1. The number of nitrogens with two attached hydrogens (primary N) is 1. The van der Waals surface area contributed by atoms with E-state index in [-0.39, 0.29) is 11.9 Å². The minimum absolute atomic E-state index is 0.278. The van der Waals surface area contributed by atoms with Crippen molar-refractivity contribution in [3.05, 3.63) is 132 Å². The number of nitrogens with zero attached hydrogens (tertiary/aromatic N) is 1. The molecular formula is C32H39FN4. The van der Waals surface area contributed by atoms with E-state index in [0.717, 1.165) is 44.8 Å². The van der Waals surface area contributed by atoms with Crippen LogP contribution in [0.4, 0.5) is 10.2 Å². The van der Waals surface area contributed by atoms with E-state index in [0.29, 0.717) is 17.9 Å². The molecule has 2 rings (SSSR count). The summed E-state index contributed by atoms with van der Waals surface area (Å²) in [5, 5.41) is 6.69. The zero-order chi connectivity index (χ0) is 27.5. The van der Waals surface area contributed by atoms with Crippen LogP contribution in [0.1, 0.15) is 39.7 Å². The quantitative estimate of drug-likeness (QED) is 0.261. The van der Waals surface area contributed by atoms with E-state index in [1.165, 1.54) is 12.1 Å². The van der Waals surface area contributed by atoms with Crippen molar-refractivity contribution < 1.29 is 4.39 Å². The van der Waals surface area contributed by atoms with Crippen LogP contribution in [-0.4, -0.2) is 11.0 Å². The van der Waals surface area contributed by atoms with E-state index in [1.54, 1.807) is 18.3 Å². The van der Waals surface area contributed by atoms with Crippen molar-refractivity contribution in [2.24, 2.45) is 5.73 Å². The van der Waals surface area contributed by atoms with Gasteiger partial charge in [0.1, 0.15) is 11.6 Å². The highest BCUT2D eigenvalue weighted by Gasteiger charge is 2.11. The van der Waals surface area contributed by atoms with Gasteiger partial charge in [0.25, 0.3) is 0 Å². The van der Waals surface area contributed by atoms with Gasteiger partial charge in [-0.15, -0.1) is 0 Å². The second kappa shape index (κ2) is 13.8. The average molecular weight is 499 g/mol. The number of benzene rings is 1. The van der Waals surface area contributed by atoms with Gasteiger partial charge < -0.3 is 16.4 Å². The molecular weight excluding hydrogens is 459 g/mol. The van der Waals surface area contributed by atoms with Crippen molar-refractivity contribution >= 4 is 5.82 Å². The molecule has 5 heteroatoms. The smallest absolute Gasteiger partial charge is 0.133 e. The fourth-order valence-electron chi connectivity index (χ4n) is 3.81. The number of nitrogens with one attached hydrogen (secondary N) is 2. The Morgan fingerprint density at radius 1 is 1.14 bits per heavy atom. The average Bonchev–Trinajstić information content (AvgIpc) is 2.86. The number of hydrogen-bond acceptors (Lipinski definition) is 4. The summed E-state index contributed by atoms with van der Waals surface area (Å²) in [6, 6.07) is 8.69. The highest BCUT2D eigenvalue weighted by molar-refractivity contribution is 5.72. The van der Waals surface area contributed by atoms with Gasteiger partial charge >= 0.3 is 0 Å². The standard InChI is InChI=1S/C32H39FN4/c1-9-25(20-29(10-2)36-21(4)5)22(6)17-27(31(34)11-3)18-23(7)37-32-24(8)30(15-16-35-32)26-13-12-14-28(33)19-26/h9-17,19-21,36H,2,6-7,18,34H2,1,3-5,8H3,(H,35,37)/b25-9+,27-17-,29-20+,31-11+. The van der Waals surface area contributed by atoms with Gasteiger partial charge in [0, 0.05) is 35.8 Å². The van der Waals surface area contributed by atoms with Gasteiger partial charge in [0.2, 0.25) is 0 Å². The van der Waals surface area contributed by atoms with E-state index in [4.69, 9.17) is 5.73 Å². The van der Waals surface area contributed by atoms with Crippen LogP contribution in [0.2, 0.25) is 0 Å². The highest BCUT2D eigenvalue weighted by atomic mass is 19.1. The van der Waals surface area contributed by atoms with Crippen LogP contribution in [0.5, 0.6) is 0 Å². The molecule has 1 heterocycles. The van der Waals surface area contributed by atoms with Crippen LogP contribution in [0.3, 0.4) is 0 Å². The second-order valence-corrected chi connectivity index (χ2v) is 9.03. The van der Waals surface area contributed by atoms with Crippen molar-refractivity contribution in [1.82, 2.24) is 10.3 Å². The molecule has 0 fully saturated rings. The van der Waals surface area contributed by atoms with Gasteiger partial charge in [-0.3, -0.25) is 0 Å². The van der Waals surface area contributed by atoms with Crippen LogP contribution >= 0.6 is 0 Å². The summed E-state index contributed by atoms with van der Waals surface area (Å²) in [6.45, 7) is 22.4. The largest absolute Gasteiger partial charge is 0.399 e. The van der Waals surface area contributed by atoms with Crippen molar-refractivity contribution in [3.63, 3.8) is 0 Å². The molecule has 4 nitrogen and oxygen atoms in total. The van der Waals surface area contributed by atoms with Gasteiger partial charge in [-0.1, -0.05) is 44.0 Å². The summed E-state index contributed by atoms with van der Waals surface area (Å²) >= 11 is 0. The third kappa shape index (κ3) is 8.50. The Labute approximate surface area is 221 Å². The maximum atomic E-state index is 13.8. The van der Waals surface area contributed by atoms with E-state index in [9.17, 15) is 4.39 Å². The molecule has 0 radical (unpaired) electrons. The SMILES string of the molecule is C=C/C(=C\C(=C/C)C(=C)/C=C(CC(=C)Nc1nccc(-c2cccc(F)c2)c1C)\C(N)=C/C)NC(C)C. The number of anilines is 1. The normalized spacial score (nSPS) is 12.9. The van der Waals surface area contributed by atoms with Crippen molar-refractivity contribution in [2.45, 2.75) is 47.1 Å². The zero-order valence-electron chi connectivity index (χ0n) is 22.7. The molecule has 37 heavy (non-hydrogen) atoms. The fraction of sp³-hybridized carbons (Fsp3) is 0.219. The predicted octanol–water partition coefficient (Wildman–Crippen LogP) is 7.87. The molecule has 0 aliphatic rings. The summed E-state index contributed by atoms with van der Waals surface area (Å²) < 4.78 is 13.8. The molecule has 0 saturated heterocycles. The minimum Gasteiger partial charge on any atom is -0.399 e. The first-order chi connectivity index (χ1) is 17.6. The first-order valence-corrected chi connectivity index (χ1v) is 12.3. The van der Waals surface area contributed by atoms with Crippen LogP contribution in [0.25, 0.3) is 11.1 Å². The molecule has 0 aliphatic carbocycles. The number of halogens is 1. The lowest BCUT2D eigenvalue weighted by molar-refractivity contribution is 0.628. The monoisotopic (exact) mass is 498 g/mol. The lowest BCUT2D eigenvalue weighted by Crippen LogP contribution is -2.20. The summed E-state index contributed by atoms with van der Waals surface area (Å²) in [5.74, 6) is 0.386. The number of hydrogen-bond donors (Lipinski definition) is 3. The predicted molar refractivity (Wildman–Crippen MR) is 157 cm³/mol. The molecule has 1 aromatic heterocycles. The van der Waals surface area contributed by atoms with E-state index in [2.05, 4.69) is 49.2 Å². The second-order valence-electron chi connectivity index (χ2n) is 9.03. The molecule has 4 N–H and O–H groups in total. The van der Waals surface area contributed by atoms with E-state index < -0.39 is 0 Å². The molecule has 1 aromatic carbocycles. The molecule has 0 atom stereocenters. The Hall–Kier alpha value is -4.12. The lowest BCUT2D eigenvalue weighted by Gasteiger charge is -2.17. The molecule has 0 saturated carbocycles. The van der Waals surface area contributed by atoms with E-state index in [1.807, 2.05) is 57.2 Å². The first kappa shape index (κ1) is 29.1. The molecule has 194 valence electrons. The molecule has 0 amide bonds. The Morgan fingerprint density at radius 2 is 1.86 bits per heavy atom. The highest BCUT2D eigenvalue weighted by Crippen LogP contribution is 2.29. The Balaban J connectivity index is 2.30. The molecule has 0 spiro atoms. The number of allylic oxidation sites excluding steroid dienone is 9. The van der Waals surface area contributed by atoms with Gasteiger partial charge in [0.05, 0.1) is 0 Å². The maximum absolute atomic E-state index is 13.8. The van der Waals surface area contributed by atoms with Gasteiger partial charge in [0.15, 0.2) is 0 Å². The maximum Gasteiger partial charge on any atom is 0.133 e. The van der Waals surface area contributed by atoms with Crippen molar-refractivity contribution in [2.75, 3.05) is 5.32 Å². The van der Waals surface area contributed by atoms with Crippen molar-refractivity contribution in [3.8, 4) is 11.1 Å². The Kier molecular flexibility index (Phi) is 10.9. The van der Waals surface area contributed by atoms with E-state index >= 15 is 0 Å². The minimum atomic E-state index is -0.278. The van der Waals surface area contributed by atoms with Crippen LogP contribution in [0.15, 0.2) is 120 Å². The fourth-order valence-corrected chi connectivity index (χ4v) is 3.81. The molecule has 0 bridgehead atoms. The van der Waals surface area contributed by atoms with Crippen LogP contribution < -0.4 is 16.4 Å². The lowest BCUT2D eigenvalue weighted by atomic mass is 9.98. The Bertz CT molecular complexity index is 1280. The summed E-state index contributed by atoms with van der Waals surface area (Å²) in [6.07, 6.45) is 11.8. The zero-order valence-corrected chi connectivity index (χ0v) is 22.7. The summed E-state index contributed by atoms with van der Waals surface area (Å²) in [7, 11) is 0. The summed E-state index contributed by atoms with van der Waals surface area (Å²) in [5.41, 5.74) is 13.9. The third-order valence-corrected chi connectivity index (χ3v) is 5.74. The van der Waals surface area contributed by atoms with Gasteiger partial charge in [-0.25, -0.2) is 9.37 Å². The van der Waals surface area contributed by atoms with Crippen LogP contribution in [-0.2, 0) is 0 Å². The van der Waals surface area contributed by atoms with Gasteiger partial charge in [-0.2, -0.15) is 0 Å². The molecule has 2 aromatic rings. The first-order valence-electron chi connectivity index (χ1n) is 12.3. The Morgan fingerprint density at radius 3 is 2.46 bits per heavy atom. The van der Waals surface area contributed by atoms with Crippen LogP contribution in [0, 0.1) is 12.7 Å². The third-order valence-electron chi connectivity index (χ3n) is 5.74.